The van der Waals surface area contributed by atoms with Gasteiger partial charge in [-0.3, -0.25) is 0 Å². The van der Waals surface area contributed by atoms with Crippen LogP contribution in [0.3, 0.4) is 0 Å². The quantitative estimate of drug-likeness (QED) is 0.636. The molecule has 27 heavy (non-hydrogen) atoms. The zero-order chi connectivity index (χ0) is 18.5. The van der Waals surface area contributed by atoms with E-state index in [9.17, 15) is 13.2 Å². The fourth-order valence-electron chi connectivity index (χ4n) is 5.09. The van der Waals surface area contributed by atoms with Crippen molar-refractivity contribution in [1.82, 2.24) is 4.90 Å². The Hall–Kier alpha value is -1.52. The van der Waals surface area contributed by atoms with Crippen molar-refractivity contribution in [1.29, 1.82) is 0 Å². The molecule has 0 radical (unpaired) electrons. The summed E-state index contributed by atoms with van der Waals surface area (Å²) in [6, 6.07) is 13.7. The maximum atomic E-state index is 13.4. The van der Waals surface area contributed by atoms with Gasteiger partial charge in [-0.2, -0.15) is 13.2 Å². The highest BCUT2D eigenvalue weighted by molar-refractivity contribution is 5.85. The van der Waals surface area contributed by atoms with Crippen molar-refractivity contribution in [3.63, 3.8) is 0 Å². The molecule has 0 bridgehead atoms. The number of rotatable bonds is 2. The number of likely N-dealkylation sites (N-methyl/N-ethyl adjacent to an activating group) is 1. The molecule has 1 aliphatic heterocycles. The number of halogens is 4. The van der Waals surface area contributed by atoms with Crippen LogP contribution < -0.4 is 0 Å². The summed E-state index contributed by atoms with van der Waals surface area (Å²) in [5.41, 5.74) is 3.60. The molecule has 1 fully saturated rings. The lowest BCUT2D eigenvalue weighted by molar-refractivity contribution is -0.138. The van der Waals surface area contributed by atoms with Gasteiger partial charge in [0.05, 0.1) is 5.56 Å². The van der Waals surface area contributed by atoms with Crippen molar-refractivity contribution in [3.8, 4) is 0 Å². The summed E-state index contributed by atoms with van der Waals surface area (Å²) in [6.07, 6.45) is -1.92. The predicted octanol–water partition coefficient (Wildman–Crippen LogP) is 5.64. The van der Waals surface area contributed by atoms with E-state index in [1.165, 1.54) is 17.2 Å². The molecule has 1 unspecified atom stereocenters. The topological polar surface area (TPSA) is 3.24 Å². The molecule has 0 spiro atoms. The number of hydrogen-bond acceptors (Lipinski definition) is 1. The molecule has 3 atom stereocenters. The van der Waals surface area contributed by atoms with Crippen molar-refractivity contribution >= 4 is 12.4 Å². The first kappa shape index (κ1) is 20.2. The van der Waals surface area contributed by atoms with Crippen LogP contribution in [0.1, 0.15) is 40.2 Å². The fourth-order valence-corrected chi connectivity index (χ4v) is 5.09. The molecular weight excluding hydrogens is 371 g/mol. The Labute approximate surface area is 165 Å². The third-order valence-electron chi connectivity index (χ3n) is 6.23. The lowest BCUT2D eigenvalue weighted by Crippen LogP contribution is -2.33. The van der Waals surface area contributed by atoms with Gasteiger partial charge in [0.1, 0.15) is 0 Å². The van der Waals surface area contributed by atoms with Crippen molar-refractivity contribution in [3.05, 3.63) is 70.3 Å². The van der Waals surface area contributed by atoms with Crippen LogP contribution in [0.4, 0.5) is 13.2 Å². The molecule has 1 saturated heterocycles. The molecule has 5 heteroatoms. The highest BCUT2D eigenvalue weighted by atomic mass is 35.5. The first-order chi connectivity index (χ1) is 12.3. The minimum absolute atomic E-state index is 0. The van der Waals surface area contributed by atoms with Crippen LogP contribution in [0.15, 0.2) is 42.5 Å². The van der Waals surface area contributed by atoms with E-state index in [1.54, 1.807) is 6.07 Å². The second-order valence-corrected chi connectivity index (χ2v) is 7.88. The first-order valence-corrected chi connectivity index (χ1v) is 9.29. The van der Waals surface area contributed by atoms with Crippen LogP contribution in [0.2, 0.25) is 0 Å². The summed E-state index contributed by atoms with van der Waals surface area (Å²) in [4.78, 5) is 2.35. The van der Waals surface area contributed by atoms with E-state index in [2.05, 4.69) is 43.1 Å². The third kappa shape index (κ3) is 3.74. The molecule has 0 amide bonds. The standard InChI is InChI=1S/C22H24F3N.ClH/c1-14-5-3-6-15(11-14)12-21-18-10-9-17-16(19(18)13-26(21)2)7-4-8-20(17)22(23,24)25;/h3-8,11,18-19,21H,9-10,12-13H2,1-2H3;1H/t18?,19-,21-;/m1./s1. The Balaban J connectivity index is 0.00000210. The molecule has 0 saturated carbocycles. The van der Waals surface area contributed by atoms with E-state index >= 15 is 0 Å². The number of aryl methyl sites for hydroxylation is 1. The normalized spacial score (nSPS) is 24.9. The molecule has 1 nitrogen and oxygen atoms in total. The van der Waals surface area contributed by atoms with Crippen molar-refractivity contribution < 1.29 is 13.2 Å². The molecule has 1 heterocycles. The van der Waals surface area contributed by atoms with Gasteiger partial charge in [-0.1, -0.05) is 42.0 Å². The van der Waals surface area contributed by atoms with Gasteiger partial charge in [0, 0.05) is 18.5 Å². The van der Waals surface area contributed by atoms with E-state index in [1.807, 2.05) is 6.07 Å². The Bertz CT molecular complexity index is 817. The highest BCUT2D eigenvalue weighted by Gasteiger charge is 2.45. The number of benzene rings is 2. The van der Waals surface area contributed by atoms with Gasteiger partial charge in [0.2, 0.25) is 0 Å². The fraction of sp³-hybridized carbons (Fsp3) is 0.455. The number of hydrogen-bond donors (Lipinski definition) is 0. The van der Waals surface area contributed by atoms with Crippen molar-refractivity contribution in [2.24, 2.45) is 5.92 Å². The van der Waals surface area contributed by atoms with Crippen LogP contribution in [-0.2, 0) is 19.0 Å². The molecule has 1 aliphatic carbocycles. The highest BCUT2D eigenvalue weighted by Crippen LogP contribution is 2.48. The predicted molar refractivity (Wildman–Crippen MR) is 105 cm³/mol. The summed E-state index contributed by atoms with van der Waals surface area (Å²) in [6.45, 7) is 2.94. The Morgan fingerprint density at radius 1 is 1.11 bits per heavy atom. The zero-order valence-corrected chi connectivity index (χ0v) is 16.4. The lowest BCUT2D eigenvalue weighted by Gasteiger charge is -2.33. The first-order valence-electron chi connectivity index (χ1n) is 9.29. The average molecular weight is 396 g/mol. The van der Waals surface area contributed by atoms with Crippen LogP contribution in [-0.4, -0.2) is 24.5 Å². The maximum absolute atomic E-state index is 13.4. The summed E-state index contributed by atoms with van der Waals surface area (Å²) in [7, 11) is 2.12. The van der Waals surface area contributed by atoms with Crippen LogP contribution in [0.5, 0.6) is 0 Å². The van der Waals surface area contributed by atoms with Gasteiger partial charge >= 0.3 is 6.18 Å². The molecular formula is C22H25ClF3N. The maximum Gasteiger partial charge on any atom is 0.416 e. The van der Waals surface area contributed by atoms with E-state index in [4.69, 9.17) is 0 Å². The number of fused-ring (bicyclic) bond motifs is 3. The second kappa shape index (κ2) is 7.48. The van der Waals surface area contributed by atoms with Gasteiger partial charge in [0.25, 0.3) is 0 Å². The van der Waals surface area contributed by atoms with Gasteiger partial charge in [-0.25, -0.2) is 0 Å². The van der Waals surface area contributed by atoms with Gasteiger partial charge in [-0.05, 0) is 61.9 Å². The van der Waals surface area contributed by atoms with Gasteiger partial charge < -0.3 is 4.90 Å². The Kier molecular flexibility index (Phi) is 5.60. The van der Waals surface area contributed by atoms with Crippen molar-refractivity contribution in [2.45, 2.75) is 44.3 Å². The Morgan fingerprint density at radius 3 is 2.56 bits per heavy atom. The summed E-state index contributed by atoms with van der Waals surface area (Å²) in [5.74, 6) is 0.636. The molecule has 0 N–H and O–H groups in total. The minimum atomic E-state index is -4.26. The van der Waals surface area contributed by atoms with Crippen LogP contribution in [0, 0.1) is 12.8 Å². The number of nitrogens with zero attached hydrogens (tertiary/aromatic N) is 1. The summed E-state index contributed by atoms with van der Waals surface area (Å²) < 4.78 is 40.2. The van der Waals surface area contributed by atoms with E-state index in [0.29, 0.717) is 23.9 Å². The smallest absolute Gasteiger partial charge is 0.302 e. The van der Waals surface area contributed by atoms with Gasteiger partial charge in [-0.15, -0.1) is 12.4 Å². The molecule has 4 rings (SSSR count). The van der Waals surface area contributed by atoms with E-state index in [0.717, 1.165) is 24.9 Å². The SMILES string of the molecule is Cc1cccc(C[C@@H]2C3CCc4c(cccc4C(F)(F)F)[C@H]3CN2C)c1.Cl. The second-order valence-electron chi connectivity index (χ2n) is 7.88. The molecule has 2 aromatic rings. The lowest BCUT2D eigenvalue weighted by atomic mass is 9.72. The van der Waals surface area contributed by atoms with E-state index in [-0.39, 0.29) is 18.3 Å². The number of likely N-dealkylation sites (tertiary alicyclic amines) is 1. The minimum Gasteiger partial charge on any atom is -0.302 e. The summed E-state index contributed by atoms with van der Waals surface area (Å²) >= 11 is 0. The van der Waals surface area contributed by atoms with Crippen molar-refractivity contribution in [2.75, 3.05) is 13.6 Å². The monoisotopic (exact) mass is 395 g/mol. The van der Waals surface area contributed by atoms with Crippen LogP contribution >= 0.6 is 12.4 Å². The molecule has 2 aromatic carbocycles. The van der Waals surface area contributed by atoms with Crippen LogP contribution in [0.25, 0.3) is 0 Å². The van der Waals surface area contributed by atoms with E-state index < -0.39 is 11.7 Å². The molecule has 0 aromatic heterocycles. The zero-order valence-electron chi connectivity index (χ0n) is 15.6. The van der Waals surface area contributed by atoms with Gasteiger partial charge in [0.15, 0.2) is 0 Å². The number of alkyl halides is 3. The third-order valence-corrected chi connectivity index (χ3v) is 6.23. The largest absolute Gasteiger partial charge is 0.416 e. The summed E-state index contributed by atoms with van der Waals surface area (Å²) in [5, 5.41) is 0. The average Bonchev–Trinajstić information content (AvgIpc) is 2.90. The Morgan fingerprint density at radius 2 is 1.85 bits per heavy atom. The molecule has 146 valence electrons. The molecule has 2 aliphatic rings.